The van der Waals surface area contributed by atoms with Gasteiger partial charge in [-0.1, -0.05) is 19.4 Å². The van der Waals surface area contributed by atoms with E-state index in [2.05, 4.69) is 4.99 Å². The summed E-state index contributed by atoms with van der Waals surface area (Å²) in [5, 5.41) is 10.3. The van der Waals surface area contributed by atoms with E-state index in [-0.39, 0.29) is 6.42 Å². The van der Waals surface area contributed by atoms with Gasteiger partial charge in [-0.3, -0.25) is 9.79 Å². The number of hydrogen-bond donors (Lipinski definition) is 2. The summed E-state index contributed by atoms with van der Waals surface area (Å²) in [6, 6.07) is -1.67. The van der Waals surface area contributed by atoms with Gasteiger partial charge >= 0.3 is 18.1 Å². The number of amides is 1. The standard InChI is InChI=1S/C12H17F3N2O3/c1-3-5-6-16-8(4-2)7-9(10(18)19)17-11(20)12(13,14)15/h4,6,9H,3,5,7H2,1-2H3,(H,17,20)(H,18,19)/b8-4-,16-6?. The number of carbonyl (C=O) groups is 2. The van der Waals surface area contributed by atoms with Gasteiger partial charge in [0.1, 0.15) is 6.04 Å². The zero-order chi connectivity index (χ0) is 15.8. The number of allylic oxidation sites excluding steroid dienone is 1. The number of rotatable bonds is 7. The molecule has 1 unspecified atom stereocenters. The lowest BCUT2D eigenvalue weighted by Gasteiger charge is -2.15. The van der Waals surface area contributed by atoms with Crippen molar-refractivity contribution in [3.05, 3.63) is 11.8 Å². The van der Waals surface area contributed by atoms with Crippen LogP contribution in [0.25, 0.3) is 0 Å². The van der Waals surface area contributed by atoms with Gasteiger partial charge in [0.05, 0.1) is 0 Å². The molecule has 8 heteroatoms. The van der Waals surface area contributed by atoms with Crippen molar-refractivity contribution in [3.8, 4) is 0 Å². The number of carboxylic acids is 1. The molecule has 0 spiro atoms. The zero-order valence-corrected chi connectivity index (χ0v) is 11.2. The molecule has 2 N–H and O–H groups in total. The smallest absolute Gasteiger partial charge is 0.471 e. The minimum atomic E-state index is -5.12. The van der Waals surface area contributed by atoms with Gasteiger partial charge in [0.2, 0.25) is 0 Å². The maximum atomic E-state index is 12.1. The van der Waals surface area contributed by atoms with Crippen LogP contribution in [0, 0.1) is 0 Å². The lowest BCUT2D eigenvalue weighted by Crippen LogP contribution is -2.46. The van der Waals surface area contributed by atoms with E-state index < -0.39 is 24.1 Å². The van der Waals surface area contributed by atoms with Crippen molar-refractivity contribution in [1.82, 2.24) is 5.32 Å². The summed E-state index contributed by atoms with van der Waals surface area (Å²) in [6.45, 7) is 3.51. The molecule has 0 bridgehead atoms. The first kappa shape index (κ1) is 18.1. The third-order valence-electron chi connectivity index (χ3n) is 2.28. The van der Waals surface area contributed by atoms with Crippen LogP contribution in [0.5, 0.6) is 0 Å². The number of nitrogens with zero attached hydrogens (tertiary/aromatic N) is 1. The van der Waals surface area contributed by atoms with Crippen molar-refractivity contribution >= 4 is 18.1 Å². The second-order valence-electron chi connectivity index (χ2n) is 3.95. The van der Waals surface area contributed by atoms with Gasteiger partial charge in [-0.05, 0) is 13.3 Å². The van der Waals surface area contributed by atoms with Crippen molar-refractivity contribution < 1.29 is 27.9 Å². The molecule has 0 saturated carbocycles. The van der Waals surface area contributed by atoms with Gasteiger partial charge in [-0.2, -0.15) is 13.2 Å². The van der Waals surface area contributed by atoms with E-state index in [0.29, 0.717) is 12.1 Å². The highest BCUT2D eigenvalue weighted by Gasteiger charge is 2.40. The van der Waals surface area contributed by atoms with E-state index in [0.717, 1.165) is 6.42 Å². The molecule has 0 rings (SSSR count). The first-order valence-corrected chi connectivity index (χ1v) is 6.00. The Morgan fingerprint density at radius 1 is 1.40 bits per heavy atom. The van der Waals surface area contributed by atoms with Gasteiger partial charge < -0.3 is 10.4 Å². The quantitative estimate of drug-likeness (QED) is 0.707. The highest BCUT2D eigenvalue weighted by atomic mass is 19.4. The predicted octanol–water partition coefficient (Wildman–Crippen LogP) is 2.28. The third kappa shape index (κ3) is 6.91. The van der Waals surface area contributed by atoms with E-state index in [1.165, 1.54) is 11.4 Å². The molecule has 1 atom stereocenters. The zero-order valence-electron chi connectivity index (χ0n) is 11.2. The third-order valence-corrected chi connectivity index (χ3v) is 2.28. The van der Waals surface area contributed by atoms with Crippen LogP contribution in [-0.2, 0) is 9.59 Å². The second kappa shape index (κ2) is 8.34. The molecule has 20 heavy (non-hydrogen) atoms. The van der Waals surface area contributed by atoms with Gasteiger partial charge in [-0.15, -0.1) is 0 Å². The number of carbonyl (C=O) groups excluding carboxylic acids is 1. The number of aliphatic carboxylic acids is 1. The molecule has 0 saturated heterocycles. The van der Waals surface area contributed by atoms with Crippen molar-refractivity contribution in [2.75, 3.05) is 0 Å². The molecule has 0 aliphatic heterocycles. The van der Waals surface area contributed by atoms with Crippen LogP contribution >= 0.6 is 0 Å². The Hall–Kier alpha value is -1.86. The van der Waals surface area contributed by atoms with Crippen LogP contribution in [0.1, 0.15) is 33.1 Å². The molecule has 0 aliphatic rings. The van der Waals surface area contributed by atoms with Crippen LogP contribution in [0.4, 0.5) is 13.2 Å². The number of hydrogen-bond acceptors (Lipinski definition) is 3. The van der Waals surface area contributed by atoms with Crippen LogP contribution in [-0.4, -0.2) is 35.4 Å². The largest absolute Gasteiger partial charge is 0.480 e. The van der Waals surface area contributed by atoms with Crippen molar-refractivity contribution in [3.63, 3.8) is 0 Å². The molecule has 114 valence electrons. The average Bonchev–Trinajstić information content (AvgIpc) is 2.34. The molecule has 1 amide bonds. The van der Waals surface area contributed by atoms with Crippen LogP contribution in [0.15, 0.2) is 16.8 Å². The van der Waals surface area contributed by atoms with E-state index >= 15 is 0 Å². The maximum Gasteiger partial charge on any atom is 0.471 e. The molecule has 5 nitrogen and oxygen atoms in total. The number of alkyl halides is 3. The summed E-state index contributed by atoms with van der Waals surface area (Å²) in [6.07, 6.45) is -0.873. The molecule has 0 fully saturated rings. The Balaban J connectivity index is 4.78. The number of nitrogens with one attached hydrogen (secondary N) is 1. The molecular weight excluding hydrogens is 277 g/mol. The number of unbranched alkanes of at least 4 members (excludes halogenated alkanes) is 1. The second-order valence-corrected chi connectivity index (χ2v) is 3.95. The van der Waals surface area contributed by atoms with Gasteiger partial charge in [0, 0.05) is 18.3 Å². The Bertz CT molecular complexity index is 403. The van der Waals surface area contributed by atoms with Crippen LogP contribution in [0.2, 0.25) is 0 Å². The van der Waals surface area contributed by atoms with Gasteiger partial charge in [-0.25, -0.2) is 4.79 Å². The normalized spacial score (nSPS) is 14.3. The Labute approximate surface area is 114 Å². The Kier molecular flexibility index (Phi) is 7.56. The molecule has 0 radical (unpaired) electrons. The SMILES string of the molecule is C/C=C(/CC(NC(=O)C(F)(F)F)C(=O)O)N=CCCC. The number of halogens is 3. The van der Waals surface area contributed by atoms with E-state index in [9.17, 15) is 22.8 Å². The average molecular weight is 294 g/mol. The van der Waals surface area contributed by atoms with Crippen LogP contribution < -0.4 is 5.32 Å². The van der Waals surface area contributed by atoms with Crippen molar-refractivity contribution in [1.29, 1.82) is 0 Å². The fourth-order valence-electron chi connectivity index (χ4n) is 1.21. The minimum absolute atomic E-state index is 0.299. The first-order chi connectivity index (χ1) is 9.22. The monoisotopic (exact) mass is 294 g/mol. The van der Waals surface area contributed by atoms with E-state index in [1.54, 1.807) is 13.1 Å². The summed E-state index contributed by atoms with van der Waals surface area (Å²) in [5.74, 6) is -3.83. The van der Waals surface area contributed by atoms with E-state index in [1.807, 2.05) is 6.92 Å². The maximum absolute atomic E-state index is 12.1. The fraction of sp³-hybridized carbons (Fsp3) is 0.583. The Morgan fingerprint density at radius 2 is 2.00 bits per heavy atom. The summed E-state index contributed by atoms with van der Waals surface area (Å²) in [5.41, 5.74) is 0.299. The number of aliphatic imine (C=N–C) groups is 1. The number of carboxylic acid groups (broad SMARTS) is 1. The van der Waals surface area contributed by atoms with Gasteiger partial charge in [0.25, 0.3) is 0 Å². The van der Waals surface area contributed by atoms with E-state index in [4.69, 9.17) is 5.11 Å². The van der Waals surface area contributed by atoms with Crippen LogP contribution in [0.3, 0.4) is 0 Å². The molecule has 0 aromatic heterocycles. The topological polar surface area (TPSA) is 78.8 Å². The Morgan fingerprint density at radius 3 is 2.40 bits per heavy atom. The molecule has 0 aromatic rings. The summed E-state index contributed by atoms with van der Waals surface area (Å²) in [4.78, 5) is 25.6. The summed E-state index contributed by atoms with van der Waals surface area (Å²) >= 11 is 0. The lowest BCUT2D eigenvalue weighted by molar-refractivity contribution is -0.175. The first-order valence-electron chi connectivity index (χ1n) is 6.00. The minimum Gasteiger partial charge on any atom is -0.480 e. The van der Waals surface area contributed by atoms with Crippen molar-refractivity contribution in [2.24, 2.45) is 4.99 Å². The molecule has 0 aliphatic carbocycles. The predicted molar refractivity (Wildman–Crippen MR) is 67.4 cm³/mol. The molecule has 0 aromatic carbocycles. The van der Waals surface area contributed by atoms with Gasteiger partial charge in [0.15, 0.2) is 0 Å². The molecular formula is C12H17F3N2O3. The highest BCUT2D eigenvalue weighted by molar-refractivity contribution is 5.87. The molecule has 0 heterocycles. The highest BCUT2D eigenvalue weighted by Crippen LogP contribution is 2.16. The summed E-state index contributed by atoms with van der Waals surface area (Å²) < 4.78 is 36.3. The fourth-order valence-corrected chi connectivity index (χ4v) is 1.21. The van der Waals surface area contributed by atoms with Crippen molar-refractivity contribution in [2.45, 2.75) is 45.3 Å². The lowest BCUT2D eigenvalue weighted by atomic mass is 10.1. The summed E-state index contributed by atoms with van der Waals surface area (Å²) in [7, 11) is 0.